The summed E-state index contributed by atoms with van der Waals surface area (Å²) in [6.45, 7) is 0.571. The number of methoxy groups -OCH3 is 3. The molecule has 4 aliphatic rings. The van der Waals surface area contributed by atoms with Crippen LogP contribution >= 0.6 is 0 Å². The number of hydrogen-bond donors (Lipinski definition) is 1. The van der Waals surface area contributed by atoms with Gasteiger partial charge in [0.15, 0.2) is 34.2 Å². The zero-order valence-electron chi connectivity index (χ0n) is 23.3. The summed E-state index contributed by atoms with van der Waals surface area (Å²) in [6.07, 6.45) is 1.43. The predicted molar refractivity (Wildman–Crippen MR) is 149 cm³/mol. The van der Waals surface area contributed by atoms with Gasteiger partial charge in [-0.1, -0.05) is 36.4 Å². The van der Waals surface area contributed by atoms with E-state index in [1.54, 1.807) is 37.0 Å². The number of benzene rings is 3. The van der Waals surface area contributed by atoms with Gasteiger partial charge in [0.05, 0.1) is 44.1 Å². The number of hydrogen-bond acceptors (Lipinski definition) is 9. The molecule has 0 amide bonds. The van der Waals surface area contributed by atoms with E-state index in [1.165, 1.54) is 7.11 Å². The third kappa shape index (κ3) is 2.87. The van der Waals surface area contributed by atoms with Gasteiger partial charge >= 0.3 is 0 Å². The molecule has 10 heteroatoms. The molecule has 0 saturated carbocycles. The third-order valence-electron chi connectivity index (χ3n) is 9.01. The van der Waals surface area contributed by atoms with Crippen molar-refractivity contribution in [1.82, 2.24) is 9.55 Å². The van der Waals surface area contributed by atoms with Crippen molar-refractivity contribution in [3.63, 3.8) is 0 Å². The highest BCUT2D eigenvalue weighted by Gasteiger charge is 2.74. The van der Waals surface area contributed by atoms with Gasteiger partial charge in [0, 0.05) is 24.6 Å². The van der Waals surface area contributed by atoms with Gasteiger partial charge in [-0.3, -0.25) is 9.36 Å². The van der Waals surface area contributed by atoms with Gasteiger partial charge in [-0.25, -0.2) is 4.98 Å². The maximum atomic E-state index is 14.4. The molecule has 3 aliphatic heterocycles. The fraction of sp³-hybridized carbons (Fsp3) is 0.312. The van der Waals surface area contributed by atoms with Gasteiger partial charge in [0.25, 0.3) is 5.56 Å². The van der Waals surface area contributed by atoms with Crippen molar-refractivity contribution >= 4 is 0 Å². The maximum absolute atomic E-state index is 14.4. The Kier molecular flexibility index (Phi) is 5.16. The normalized spacial score (nSPS) is 24.0. The SMILES string of the molecule is COc1ccc([C@@]23Oc4cc5c(c(OC)c4[C@]2(O)c2nc4n(c(=O)c2[C@H]3c2ccccc2)CCC4)OCO5)cc1OC. The Morgan fingerprint density at radius 2 is 1.79 bits per heavy atom. The standard InChI is InChI=1S/C32H28N2O8/c1-37-19-12-11-18(14-20(19)38-2)32-25(17-8-5-4-6-9-17)24-29(33-23-10-7-13-34(23)30(24)35)31(32,36)26-21(42-32)15-22-27(28(26)39-3)41-16-40-22/h4-6,8-9,11-12,14-15,25,36H,7,10,13,16H2,1-3H3/t25-,31+,32+/m1/s1. The van der Waals surface area contributed by atoms with E-state index in [0.717, 1.165) is 12.0 Å². The molecule has 1 aromatic heterocycles. The van der Waals surface area contributed by atoms with Gasteiger partial charge < -0.3 is 33.5 Å². The summed E-state index contributed by atoms with van der Waals surface area (Å²) in [5, 5.41) is 13.5. The van der Waals surface area contributed by atoms with Crippen LogP contribution in [0.4, 0.5) is 0 Å². The van der Waals surface area contributed by atoms with Crippen molar-refractivity contribution in [2.24, 2.45) is 0 Å². The first-order valence-corrected chi connectivity index (χ1v) is 13.8. The monoisotopic (exact) mass is 568 g/mol. The van der Waals surface area contributed by atoms with Crippen molar-refractivity contribution in [3.05, 3.63) is 98.7 Å². The van der Waals surface area contributed by atoms with Crippen LogP contribution in [0.1, 0.15) is 46.1 Å². The smallest absolute Gasteiger partial charge is 0.257 e. The summed E-state index contributed by atoms with van der Waals surface area (Å²) in [4.78, 5) is 19.4. The van der Waals surface area contributed by atoms with Gasteiger partial charge in [0.1, 0.15) is 11.6 Å². The molecule has 8 rings (SSSR count). The molecule has 0 bridgehead atoms. The number of aryl methyl sites for hydroxylation is 1. The van der Waals surface area contributed by atoms with Gasteiger partial charge in [-0.05, 0) is 24.1 Å². The number of aliphatic hydroxyl groups is 1. The van der Waals surface area contributed by atoms with E-state index in [-0.39, 0.29) is 23.8 Å². The van der Waals surface area contributed by atoms with Crippen LogP contribution in [0.3, 0.4) is 0 Å². The summed E-state index contributed by atoms with van der Waals surface area (Å²) < 4.78 is 37.4. The minimum Gasteiger partial charge on any atom is -0.493 e. The lowest BCUT2D eigenvalue weighted by molar-refractivity contribution is -0.0912. The minimum atomic E-state index is -1.97. The Labute approximate surface area is 241 Å². The van der Waals surface area contributed by atoms with Crippen LogP contribution in [0.5, 0.6) is 34.5 Å². The molecule has 0 radical (unpaired) electrons. The van der Waals surface area contributed by atoms with Crippen molar-refractivity contribution in [2.45, 2.75) is 36.5 Å². The van der Waals surface area contributed by atoms with E-state index in [4.69, 9.17) is 33.4 Å². The molecular formula is C32H28N2O8. The Bertz CT molecular complexity index is 1840. The summed E-state index contributed by atoms with van der Waals surface area (Å²) in [5.74, 6) is 2.25. The minimum absolute atomic E-state index is 0.00414. The Hall–Kier alpha value is -4.70. The fourth-order valence-electron chi connectivity index (χ4n) is 7.32. The maximum Gasteiger partial charge on any atom is 0.257 e. The van der Waals surface area contributed by atoms with Crippen LogP contribution in [-0.2, 0) is 24.2 Å². The number of aromatic nitrogens is 2. The second-order valence-corrected chi connectivity index (χ2v) is 10.8. The second-order valence-electron chi connectivity index (χ2n) is 10.8. The van der Waals surface area contributed by atoms with Gasteiger partial charge in [-0.2, -0.15) is 0 Å². The van der Waals surface area contributed by atoms with E-state index in [2.05, 4.69) is 0 Å². The van der Waals surface area contributed by atoms with Crippen molar-refractivity contribution < 1.29 is 33.5 Å². The van der Waals surface area contributed by atoms with Crippen LogP contribution in [0.25, 0.3) is 0 Å². The van der Waals surface area contributed by atoms with Gasteiger partial charge in [0.2, 0.25) is 12.5 Å². The Balaban J connectivity index is 1.54. The van der Waals surface area contributed by atoms with Crippen LogP contribution in [-0.4, -0.2) is 42.8 Å². The van der Waals surface area contributed by atoms with E-state index >= 15 is 0 Å². The van der Waals surface area contributed by atoms with Crippen molar-refractivity contribution in [1.29, 1.82) is 0 Å². The first-order valence-electron chi connectivity index (χ1n) is 13.8. The summed E-state index contributed by atoms with van der Waals surface area (Å²) in [7, 11) is 4.62. The lowest BCUT2D eigenvalue weighted by Crippen LogP contribution is -2.49. The highest BCUT2D eigenvalue weighted by Crippen LogP contribution is 2.71. The molecule has 42 heavy (non-hydrogen) atoms. The second kappa shape index (κ2) is 8.65. The highest BCUT2D eigenvalue weighted by molar-refractivity contribution is 5.73. The Morgan fingerprint density at radius 1 is 0.976 bits per heavy atom. The van der Waals surface area contributed by atoms with Crippen LogP contribution in [0.15, 0.2) is 59.4 Å². The number of rotatable bonds is 5. The average molecular weight is 569 g/mol. The zero-order valence-corrected chi connectivity index (χ0v) is 23.3. The van der Waals surface area contributed by atoms with Crippen LogP contribution in [0, 0.1) is 0 Å². The number of nitrogens with zero attached hydrogens (tertiary/aromatic N) is 2. The molecular weight excluding hydrogens is 540 g/mol. The first-order chi connectivity index (χ1) is 20.5. The molecule has 214 valence electrons. The molecule has 4 heterocycles. The lowest BCUT2D eigenvalue weighted by atomic mass is 9.70. The molecule has 10 nitrogen and oxygen atoms in total. The quantitative estimate of drug-likeness (QED) is 0.386. The molecule has 1 aliphatic carbocycles. The van der Waals surface area contributed by atoms with Crippen molar-refractivity contribution in [2.75, 3.05) is 28.1 Å². The molecule has 4 aromatic rings. The molecule has 0 saturated heterocycles. The van der Waals surface area contributed by atoms with Crippen LogP contribution < -0.4 is 34.0 Å². The molecule has 0 spiro atoms. The predicted octanol–water partition coefficient (Wildman–Crippen LogP) is 3.61. The average Bonchev–Trinajstić information content (AvgIpc) is 3.78. The molecule has 3 aromatic carbocycles. The van der Waals surface area contributed by atoms with E-state index in [0.29, 0.717) is 64.2 Å². The summed E-state index contributed by atoms with van der Waals surface area (Å²) in [5.41, 5.74) is -1.43. The van der Waals surface area contributed by atoms with E-state index in [9.17, 15) is 9.90 Å². The first kappa shape index (κ1) is 25.0. The fourth-order valence-corrected chi connectivity index (χ4v) is 7.32. The van der Waals surface area contributed by atoms with E-state index < -0.39 is 17.1 Å². The largest absolute Gasteiger partial charge is 0.493 e. The van der Waals surface area contributed by atoms with Crippen LogP contribution in [0.2, 0.25) is 0 Å². The van der Waals surface area contributed by atoms with Crippen molar-refractivity contribution in [3.8, 4) is 34.5 Å². The number of fused-ring (bicyclic) bond motifs is 7. The van der Waals surface area contributed by atoms with Gasteiger partial charge in [-0.15, -0.1) is 0 Å². The Morgan fingerprint density at radius 3 is 2.55 bits per heavy atom. The lowest BCUT2D eigenvalue weighted by Gasteiger charge is -2.40. The van der Waals surface area contributed by atoms with E-state index in [1.807, 2.05) is 36.4 Å². The zero-order chi connectivity index (χ0) is 28.8. The molecule has 3 atom stereocenters. The molecule has 0 unspecified atom stereocenters. The number of ether oxygens (including phenoxy) is 6. The third-order valence-corrected chi connectivity index (χ3v) is 9.01. The molecule has 1 N–H and O–H groups in total. The highest BCUT2D eigenvalue weighted by atomic mass is 16.7. The summed E-state index contributed by atoms with van der Waals surface area (Å²) >= 11 is 0. The molecule has 0 fully saturated rings. The summed E-state index contributed by atoms with van der Waals surface area (Å²) in [6, 6.07) is 16.7. The topological polar surface area (TPSA) is 111 Å².